The summed E-state index contributed by atoms with van der Waals surface area (Å²) in [6, 6.07) is 11.2. The number of pyridine rings is 1. The van der Waals surface area contributed by atoms with Crippen LogP contribution in [-0.2, 0) is 17.8 Å². The average Bonchev–Trinajstić information content (AvgIpc) is 3.32. The second-order valence-corrected chi connectivity index (χ2v) is 6.21. The molecule has 142 valence electrons. The predicted molar refractivity (Wildman–Crippen MR) is 99.6 cm³/mol. The molecule has 3 aromatic heterocycles. The number of hydrogen-bond donors (Lipinski definition) is 1. The van der Waals surface area contributed by atoms with E-state index >= 15 is 0 Å². The molecule has 0 saturated heterocycles. The first kappa shape index (κ1) is 17.7. The van der Waals surface area contributed by atoms with E-state index in [2.05, 4.69) is 25.7 Å². The van der Waals surface area contributed by atoms with Gasteiger partial charge in [-0.3, -0.25) is 9.20 Å². The van der Waals surface area contributed by atoms with Crippen molar-refractivity contribution in [3.8, 4) is 17.2 Å². The van der Waals surface area contributed by atoms with Gasteiger partial charge in [0.25, 0.3) is 5.89 Å². The van der Waals surface area contributed by atoms with Crippen LogP contribution in [0.15, 0.2) is 47.1 Å². The molecule has 1 aromatic carbocycles. The van der Waals surface area contributed by atoms with Crippen LogP contribution in [0.3, 0.4) is 0 Å². The Morgan fingerprint density at radius 1 is 1.25 bits per heavy atom. The molecule has 0 unspecified atom stereocenters. The highest BCUT2D eigenvalue weighted by molar-refractivity contribution is 5.78. The Bertz CT molecular complexity index is 1130. The van der Waals surface area contributed by atoms with Crippen LogP contribution < -0.4 is 10.1 Å². The fourth-order valence-corrected chi connectivity index (χ4v) is 2.79. The zero-order valence-corrected chi connectivity index (χ0v) is 15.4. The third kappa shape index (κ3) is 3.68. The highest BCUT2D eigenvalue weighted by Crippen LogP contribution is 2.18. The molecule has 0 atom stereocenters. The molecule has 0 bridgehead atoms. The number of amides is 1. The van der Waals surface area contributed by atoms with Gasteiger partial charge in [0, 0.05) is 12.7 Å². The first-order valence-corrected chi connectivity index (χ1v) is 8.66. The van der Waals surface area contributed by atoms with Crippen LogP contribution in [-0.4, -0.2) is 37.8 Å². The van der Waals surface area contributed by atoms with Crippen LogP contribution in [0.1, 0.15) is 17.2 Å². The Labute approximate surface area is 160 Å². The summed E-state index contributed by atoms with van der Waals surface area (Å²) in [5.74, 6) is 2.07. The number of nitrogens with one attached hydrogen (secondary N) is 1. The number of carbonyl (C=O) groups excluding carboxylic acids is 1. The fraction of sp³-hybridized carbons (Fsp3) is 0.211. The van der Waals surface area contributed by atoms with E-state index in [1.54, 1.807) is 30.7 Å². The molecular formula is C19H18N6O3. The Balaban J connectivity index is 1.48. The van der Waals surface area contributed by atoms with E-state index in [-0.39, 0.29) is 12.3 Å². The number of rotatable bonds is 6. The number of ether oxygens (including phenoxy) is 1. The molecule has 1 amide bonds. The molecule has 0 fully saturated rings. The molecule has 0 saturated carbocycles. The van der Waals surface area contributed by atoms with Gasteiger partial charge in [0.1, 0.15) is 11.6 Å². The highest BCUT2D eigenvalue weighted by Gasteiger charge is 2.13. The maximum absolute atomic E-state index is 12.4. The Morgan fingerprint density at radius 3 is 2.93 bits per heavy atom. The van der Waals surface area contributed by atoms with E-state index in [4.69, 9.17) is 9.26 Å². The van der Waals surface area contributed by atoms with Gasteiger partial charge in [-0.25, -0.2) is 0 Å². The second kappa shape index (κ2) is 7.47. The van der Waals surface area contributed by atoms with Crippen molar-refractivity contribution in [3.63, 3.8) is 0 Å². The quantitative estimate of drug-likeness (QED) is 0.546. The predicted octanol–water partition coefficient (Wildman–Crippen LogP) is 1.96. The first-order valence-electron chi connectivity index (χ1n) is 8.66. The summed E-state index contributed by atoms with van der Waals surface area (Å²) in [4.78, 5) is 16.6. The zero-order valence-electron chi connectivity index (χ0n) is 15.4. The molecule has 9 heteroatoms. The van der Waals surface area contributed by atoms with Crippen molar-refractivity contribution in [3.05, 3.63) is 59.8 Å². The van der Waals surface area contributed by atoms with Crippen LogP contribution in [0, 0.1) is 6.92 Å². The maximum Gasteiger partial charge on any atom is 0.259 e. The van der Waals surface area contributed by atoms with Crippen molar-refractivity contribution in [2.75, 3.05) is 7.11 Å². The summed E-state index contributed by atoms with van der Waals surface area (Å²) in [5.41, 5.74) is 2.31. The minimum atomic E-state index is -0.156. The largest absolute Gasteiger partial charge is 0.497 e. The molecule has 28 heavy (non-hydrogen) atoms. The normalized spacial score (nSPS) is 10.9. The number of aromatic nitrogens is 5. The monoisotopic (exact) mass is 378 g/mol. The van der Waals surface area contributed by atoms with Gasteiger partial charge in [0.05, 0.1) is 19.1 Å². The Hall–Kier alpha value is -3.75. The Kier molecular flexibility index (Phi) is 4.71. The SMILES string of the molecule is COc1cccc(CNC(=O)Cc2nnc3ccc(-c4nc(C)no4)cn23)c1. The molecule has 0 aliphatic carbocycles. The Morgan fingerprint density at radius 2 is 2.14 bits per heavy atom. The van der Waals surface area contributed by atoms with Crippen molar-refractivity contribution >= 4 is 11.6 Å². The van der Waals surface area contributed by atoms with Crippen LogP contribution in [0.4, 0.5) is 0 Å². The van der Waals surface area contributed by atoms with Gasteiger partial charge < -0.3 is 14.6 Å². The average molecular weight is 378 g/mol. The number of methoxy groups -OCH3 is 1. The summed E-state index contributed by atoms with van der Waals surface area (Å²) in [6.45, 7) is 2.15. The van der Waals surface area contributed by atoms with Gasteiger partial charge in [0.2, 0.25) is 5.91 Å². The lowest BCUT2D eigenvalue weighted by Crippen LogP contribution is -2.25. The molecule has 4 rings (SSSR count). The van der Waals surface area contributed by atoms with Crippen molar-refractivity contribution < 1.29 is 14.1 Å². The van der Waals surface area contributed by atoms with E-state index in [1.807, 2.05) is 30.3 Å². The lowest BCUT2D eigenvalue weighted by molar-refractivity contribution is -0.120. The molecule has 1 N–H and O–H groups in total. The number of carbonyl (C=O) groups is 1. The van der Waals surface area contributed by atoms with Crippen LogP contribution in [0.25, 0.3) is 17.1 Å². The van der Waals surface area contributed by atoms with Gasteiger partial charge in [0.15, 0.2) is 11.5 Å². The van der Waals surface area contributed by atoms with Crippen molar-refractivity contribution in [1.82, 2.24) is 30.1 Å². The minimum Gasteiger partial charge on any atom is -0.497 e. The molecule has 0 radical (unpaired) electrons. The summed E-state index contributed by atoms with van der Waals surface area (Å²) < 4.78 is 12.1. The molecular weight excluding hydrogens is 360 g/mol. The summed E-state index contributed by atoms with van der Waals surface area (Å²) >= 11 is 0. The fourth-order valence-electron chi connectivity index (χ4n) is 2.79. The second-order valence-electron chi connectivity index (χ2n) is 6.21. The van der Waals surface area contributed by atoms with Gasteiger partial charge >= 0.3 is 0 Å². The molecule has 0 aliphatic heterocycles. The zero-order chi connectivity index (χ0) is 19.5. The van der Waals surface area contributed by atoms with E-state index in [0.29, 0.717) is 29.7 Å². The van der Waals surface area contributed by atoms with Crippen molar-refractivity contribution in [1.29, 1.82) is 0 Å². The first-order chi connectivity index (χ1) is 13.6. The van der Waals surface area contributed by atoms with Crippen LogP contribution in [0.5, 0.6) is 5.75 Å². The number of benzene rings is 1. The van der Waals surface area contributed by atoms with Crippen LogP contribution >= 0.6 is 0 Å². The van der Waals surface area contributed by atoms with E-state index in [9.17, 15) is 4.79 Å². The number of hydrogen-bond acceptors (Lipinski definition) is 7. The summed E-state index contributed by atoms with van der Waals surface area (Å²) in [5, 5.41) is 14.9. The number of nitrogens with zero attached hydrogens (tertiary/aromatic N) is 5. The van der Waals surface area contributed by atoms with Crippen LogP contribution in [0.2, 0.25) is 0 Å². The van der Waals surface area contributed by atoms with E-state index < -0.39 is 0 Å². The summed E-state index contributed by atoms with van der Waals surface area (Å²) in [6.07, 6.45) is 1.88. The molecule has 0 spiro atoms. The maximum atomic E-state index is 12.4. The van der Waals surface area contributed by atoms with Crippen molar-refractivity contribution in [2.24, 2.45) is 0 Å². The van der Waals surface area contributed by atoms with Gasteiger partial charge in [-0.2, -0.15) is 4.98 Å². The van der Waals surface area contributed by atoms with Gasteiger partial charge in [-0.05, 0) is 36.8 Å². The molecule has 4 aromatic rings. The van der Waals surface area contributed by atoms with Gasteiger partial charge in [-0.15, -0.1) is 10.2 Å². The standard InChI is InChI=1S/C19H18N6O3/c1-12-21-19(28-24-12)14-6-7-16-22-23-17(25(16)11-14)9-18(26)20-10-13-4-3-5-15(8-13)27-2/h3-8,11H,9-10H2,1-2H3,(H,20,26). The highest BCUT2D eigenvalue weighted by atomic mass is 16.5. The topological polar surface area (TPSA) is 107 Å². The number of fused-ring (bicyclic) bond motifs is 1. The molecule has 0 aliphatic rings. The number of aryl methyl sites for hydroxylation is 1. The van der Waals surface area contributed by atoms with E-state index in [1.165, 1.54) is 0 Å². The van der Waals surface area contributed by atoms with E-state index in [0.717, 1.165) is 16.9 Å². The van der Waals surface area contributed by atoms with Gasteiger partial charge in [-0.1, -0.05) is 17.3 Å². The summed E-state index contributed by atoms with van der Waals surface area (Å²) in [7, 11) is 1.61. The lowest BCUT2D eigenvalue weighted by Gasteiger charge is -2.07. The van der Waals surface area contributed by atoms with Crippen molar-refractivity contribution in [2.45, 2.75) is 19.9 Å². The smallest absolute Gasteiger partial charge is 0.259 e. The minimum absolute atomic E-state index is 0.0947. The lowest BCUT2D eigenvalue weighted by atomic mass is 10.2. The molecule has 9 nitrogen and oxygen atoms in total. The third-order valence-electron chi connectivity index (χ3n) is 4.19. The third-order valence-corrected chi connectivity index (χ3v) is 4.19. The molecule has 3 heterocycles.